The van der Waals surface area contributed by atoms with Crippen LogP contribution in [0.2, 0.25) is 0 Å². The molecule has 8 heavy (non-hydrogen) atoms. The minimum atomic E-state index is -0.602. The Morgan fingerprint density at radius 2 is 1.88 bits per heavy atom. The van der Waals surface area contributed by atoms with Crippen LogP contribution in [-0.4, -0.2) is 77.1 Å². The zero-order valence-electron chi connectivity index (χ0n) is 4.14. The second kappa shape index (κ2) is 11.7. The Hall–Kier alpha value is 1.92. The number of hydrogen-bond donors (Lipinski definition) is 1. The standard InChI is InChI=1S/C4H10O2.2Na.2H/c1-3-6-4(2)5;;;;/h4-5H,3H2,1-2H3;;;;. The summed E-state index contributed by atoms with van der Waals surface area (Å²) < 4.78 is 4.60. The first kappa shape index (κ1) is 16.5. The first-order chi connectivity index (χ1) is 2.77. The molecule has 0 radical (unpaired) electrons. The van der Waals surface area contributed by atoms with Crippen molar-refractivity contribution in [1.82, 2.24) is 0 Å². The van der Waals surface area contributed by atoms with E-state index in [2.05, 4.69) is 4.74 Å². The normalized spacial score (nSPS) is 10.9. The predicted molar refractivity (Wildman–Crippen MR) is 37.6 cm³/mol. The van der Waals surface area contributed by atoms with Gasteiger partial charge in [-0.2, -0.15) is 0 Å². The van der Waals surface area contributed by atoms with Crippen molar-refractivity contribution in [2.75, 3.05) is 6.61 Å². The minimum absolute atomic E-state index is 0. The molecular weight excluding hydrogens is 126 g/mol. The van der Waals surface area contributed by atoms with Gasteiger partial charge in [0.25, 0.3) is 0 Å². The van der Waals surface area contributed by atoms with Crippen LogP contribution in [0.15, 0.2) is 0 Å². The molecule has 0 aromatic rings. The molecule has 0 spiro atoms. The zero-order chi connectivity index (χ0) is 4.99. The van der Waals surface area contributed by atoms with E-state index in [9.17, 15) is 0 Å². The second-order valence-corrected chi connectivity index (χ2v) is 1.05. The van der Waals surface area contributed by atoms with E-state index in [1.54, 1.807) is 6.92 Å². The molecule has 0 aromatic heterocycles. The van der Waals surface area contributed by atoms with Gasteiger partial charge in [0.15, 0.2) is 6.29 Å². The van der Waals surface area contributed by atoms with E-state index < -0.39 is 6.29 Å². The summed E-state index contributed by atoms with van der Waals surface area (Å²) in [5.41, 5.74) is 0. The molecule has 1 atom stereocenters. The molecule has 0 fully saturated rings. The van der Waals surface area contributed by atoms with Crippen LogP contribution in [0.5, 0.6) is 0 Å². The number of aliphatic hydroxyl groups excluding tert-OH is 1. The Morgan fingerprint density at radius 3 is 1.88 bits per heavy atom. The molecule has 2 nitrogen and oxygen atoms in total. The van der Waals surface area contributed by atoms with Crippen molar-refractivity contribution < 1.29 is 9.84 Å². The summed E-state index contributed by atoms with van der Waals surface area (Å²) in [6.45, 7) is 4.01. The van der Waals surface area contributed by atoms with Gasteiger partial charge in [0, 0.05) is 6.61 Å². The van der Waals surface area contributed by atoms with Crippen LogP contribution in [0, 0.1) is 0 Å². The van der Waals surface area contributed by atoms with Gasteiger partial charge >= 0.3 is 59.1 Å². The Labute approximate surface area is 94.6 Å². The SMILES string of the molecule is CCOC(C)O.[NaH].[NaH]. The molecule has 0 aromatic carbocycles. The first-order valence-electron chi connectivity index (χ1n) is 2.07. The average Bonchev–Trinajstić information content (AvgIpc) is 1.35. The molecule has 4 heteroatoms. The fourth-order valence-electron chi connectivity index (χ4n) is 0.241. The quantitative estimate of drug-likeness (QED) is 0.394. The fraction of sp³-hybridized carbons (Fsp3) is 1.00. The van der Waals surface area contributed by atoms with Crippen molar-refractivity contribution in [3.05, 3.63) is 0 Å². The summed E-state index contributed by atoms with van der Waals surface area (Å²) in [7, 11) is 0. The third kappa shape index (κ3) is 15.7. The Balaban J connectivity index is -0.000000125. The molecule has 0 bridgehead atoms. The number of rotatable bonds is 2. The van der Waals surface area contributed by atoms with E-state index in [0.29, 0.717) is 6.61 Å². The van der Waals surface area contributed by atoms with E-state index >= 15 is 0 Å². The molecule has 0 aliphatic rings. The predicted octanol–water partition coefficient (Wildman–Crippen LogP) is -0.936. The second-order valence-electron chi connectivity index (χ2n) is 1.05. The molecule has 0 amide bonds. The summed E-state index contributed by atoms with van der Waals surface area (Å²) >= 11 is 0. The molecule has 0 heterocycles. The van der Waals surface area contributed by atoms with Gasteiger partial charge in [-0.1, -0.05) is 0 Å². The van der Waals surface area contributed by atoms with Crippen LogP contribution in [0.1, 0.15) is 13.8 Å². The van der Waals surface area contributed by atoms with Gasteiger partial charge < -0.3 is 9.84 Å². The van der Waals surface area contributed by atoms with E-state index in [4.69, 9.17) is 5.11 Å². The molecule has 42 valence electrons. The topological polar surface area (TPSA) is 29.5 Å². The maximum atomic E-state index is 8.33. The molecule has 0 rings (SSSR count). The summed E-state index contributed by atoms with van der Waals surface area (Å²) in [4.78, 5) is 0. The Morgan fingerprint density at radius 1 is 1.50 bits per heavy atom. The first-order valence-corrected chi connectivity index (χ1v) is 2.07. The van der Waals surface area contributed by atoms with Crippen LogP contribution >= 0.6 is 0 Å². The Bertz CT molecular complexity index is 33.2. The van der Waals surface area contributed by atoms with Crippen molar-refractivity contribution in [1.29, 1.82) is 0 Å². The van der Waals surface area contributed by atoms with Crippen molar-refractivity contribution >= 4 is 59.1 Å². The number of ether oxygens (including phenoxy) is 1. The molecule has 0 aliphatic carbocycles. The molecule has 1 unspecified atom stereocenters. The monoisotopic (exact) mass is 138 g/mol. The molecule has 0 saturated heterocycles. The molecular formula is C4H12Na2O2. The van der Waals surface area contributed by atoms with Gasteiger partial charge in [-0.05, 0) is 13.8 Å². The van der Waals surface area contributed by atoms with Crippen LogP contribution in [-0.2, 0) is 4.74 Å². The van der Waals surface area contributed by atoms with Crippen LogP contribution in [0.3, 0.4) is 0 Å². The van der Waals surface area contributed by atoms with Gasteiger partial charge in [-0.3, -0.25) is 0 Å². The van der Waals surface area contributed by atoms with E-state index in [1.807, 2.05) is 6.92 Å². The summed E-state index contributed by atoms with van der Waals surface area (Å²) in [5, 5.41) is 8.33. The van der Waals surface area contributed by atoms with Gasteiger partial charge in [0.1, 0.15) is 0 Å². The number of hydrogen-bond acceptors (Lipinski definition) is 2. The maximum absolute atomic E-state index is 8.33. The van der Waals surface area contributed by atoms with Gasteiger partial charge in [0.2, 0.25) is 0 Å². The fourth-order valence-corrected chi connectivity index (χ4v) is 0.241. The van der Waals surface area contributed by atoms with Crippen LogP contribution < -0.4 is 0 Å². The summed E-state index contributed by atoms with van der Waals surface area (Å²) in [6.07, 6.45) is -0.602. The van der Waals surface area contributed by atoms with E-state index in [-0.39, 0.29) is 59.1 Å². The van der Waals surface area contributed by atoms with E-state index in [1.165, 1.54) is 0 Å². The molecule has 1 N–H and O–H groups in total. The van der Waals surface area contributed by atoms with Crippen molar-refractivity contribution in [3.63, 3.8) is 0 Å². The molecule has 0 saturated carbocycles. The van der Waals surface area contributed by atoms with Crippen molar-refractivity contribution in [2.45, 2.75) is 20.1 Å². The van der Waals surface area contributed by atoms with Crippen LogP contribution in [0.4, 0.5) is 0 Å². The zero-order valence-corrected chi connectivity index (χ0v) is 4.14. The number of aliphatic hydroxyl groups is 1. The molecule has 0 aliphatic heterocycles. The van der Waals surface area contributed by atoms with Gasteiger partial charge in [-0.15, -0.1) is 0 Å². The van der Waals surface area contributed by atoms with Crippen LogP contribution in [0.25, 0.3) is 0 Å². The van der Waals surface area contributed by atoms with Gasteiger partial charge in [-0.25, -0.2) is 0 Å². The van der Waals surface area contributed by atoms with Gasteiger partial charge in [0.05, 0.1) is 0 Å². The van der Waals surface area contributed by atoms with Crippen molar-refractivity contribution in [3.8, 4) is 0 Å². The summed E-state index contributed by atoms with van der Waals surface area (Å²) in [5.74, 6) is 0. The Kier molecular flexibility index (Phi) is 24.1. The van der Waals surface area contributed by atoms with Crippen molar-refractivity contribution in [2.24, 2.45) is 0 Å². The third-order valence-corrected chi connectivity index (χ3v) is 0.408. The average molecular weight is 138 g/mol. The third-order valence-electron chi connectivity index (χ3n) is 0.408. The summed E-state index contributed by atoms with van der Waals surface area (Å²) in [6, 6.07) is 0. The van der Waals surface area contributed by atoms with E-state index in [0.717, 1.165) is 0 Å².